The van der Waals surface area contributed by atoms with Crippen LogP contribution in [0.15, 0.2) is 28.3 Å². The van der Waals surface area contributed by atoms with Crippen LogP contribution in [-0.2, 0) is 14.8 Å². The first kappa shape index (κ1) is 22.2. The molecule has 1 aliphatic rings. The zero-order chi connectivity index (χ0) is 19.7. The molecule has 1 aliphatic heterocycles. The van der Waals surface area contributed by atoms with E-state index in [9.17, 15) is 13.2 Å². The van der Waals surface area contributed by atoms with E-state index in [0.717, 1.165) is 32.1 Å². The second-order valence-electron chi connectivity index (χ2n) is 7.05. The van der Waals surface area contributed by atoms with Gasteiger partial charge < -0.3 is 5.32 Å². The summed E-state index contributed by atoms with van der Waals surface area (Å²) in [6.45, 7) is 5.34. The van der Waals surface area contributed by atoms with Gasteiger partial charge in [0.25, 0.3) is 0 Å². The molecule has 0 saturated carbocycles. The van der Waals surface area contributed by atoms with Gasteiger partial charge in [0.15, 0.2) is 0 Å². The fourth-order valence-corrected chi connectivity index (χ4v) is 5.20. The Bertz CT molecular complexity index is 687. The van der Waals surface area contributed by atoms with Crippen molar-refractivity contribution >= 4 is 27.7 Å². The van der Waals surface area contributed by atoms with Crippen molar-refractivity contribution in [1.82, 2.24) is 14.6 Å². The number of nitrogens with zero attached hydrogens (tertiary/aromatic N) is 2. The highest BCUT2D eigenvalue weighted by Crippen LogP contribution is 2.22. The van der Waals surface area contributed by atoms with E-state index in [1.807, 2.05) is 6.92 Å². The Morgan fingerprint density at radius 3 is 2.63 bits per heavy atom. The Kier molecular flexibility index (Phi) is 9.05. The van der Waals surface area contributed by atoms with Gasteiger partial charge in [-0.1, -0.05) is 44.4 Å². The van der Waals surface area contributed by atoms with E-state index in [2.05, 4.69) is 17.2 Å². The van der Waals surface area contributed by atoms with Gasteiger partial charge in [-0.15, -0.1) is 0 Å². The SMILES string of the molecule is CCCCCC(C)NC(=O)CSc1ccc(S(=O)(=O)N2CCCCC2)cn1. The zero-order valence-electron chi connectivity index (χ0n) is 16.3. The topological polar surface area (TPSA) is 79.4 Å². The second kappa shape index (κ2) is 11.0. The van der Waals surface area contributed by atoms with Crippen LogP contribution in [0.25, 0.3) is 0 Å². The van der Waals surface area contributed by atoms with Crippen LogP contribution in [0.5, 0.6) is 0 Å². The van der Waals surface area contributed by atoms with Crippen molar-refractivity contribution < 1.29 is 13.2 Å². The monoisotopic (exact) mass is 413 g/mol. The minimum atomic E-state index is -3.45. The molecule has 8 heteroatoms. The summed E-state index contributed by atoms with van der Waals surface area (Å²) in [6.07, 6.45) is 8.78. The van der Waals surface area contributed by atoms with E-state index in [1.165, 1.54) is 35.1 Å². The summed E-state index contributed by atoms with van der Waals surface area (Å²) in [5, 5.41) is 3.65. The number of amides is 1. The quantitative estimate of drug-likeness (QED) is 0.469. The molecule has 1 amide bonds. The number of carbonyl (C=O) groups excluding carboxylic acids is 1. The molecule has 0 spiro atoms. The van der Waals surface area contributed by atoms with Crippen molar-refractivity contribution in [2.45, 2.75) is 74.8 Å². The Balaban J connectivity index is 1.82. The molecule has 1 N–H and O–H groups in total. The van der Waals surface area contributed by atoms with Gasteiger partial charge in [-0.25, -0.2) is 13.4 Å². The predicted molar refractivity (Wildman–Crippen MR) is 109 cm³/mol. The van der Waals surface area contributed by atoms with Crippen LogP contribution in [0.4, 0.5) is 0 Å². The number of unbranched alkanes of at least 4 members (excludes halogenated alkanes) is 2. The number of piperidine rings is 1. The number of carbonyl (C=O) groups is 1. The molecule has 1 unspecified atom stereocenters. The molecule has 6 nitrogen and oxygen atoms in total. The van der Waals surface area contributed by atoms with E-state index >= 15 is 0 Å². The molecule has 0 bridgehead atoms. The molecule has 1 aromatic rings. The van der Waals surface area contributed by atoms with Gasteiger partial charge in [0.2, 0.25) is 15.9 Å². The summed E-state index contributed by atoms with van der Waals surface area (Å²) in [4.78, 5) is 16.5. The zero-order valence-corrected chi connectivity index (χ0v) is 17.9. The highest BCUT2D eigenvalue weighted by atomic mass is 32.2. The highest BCUT2D eigenvalue weighted by molar-refractivity contribution is 7.99. The molecule has 0 aliphatic carbocycles. The van der Waals surface area contributed by atoms with E-state index in [0.29, 0.717) is 18.1 Å². The van der Waals surface area contributed by atoms with Crippen molar-refractivity contribution in [2.75, 3.05) is 18.8 Å². The Hall–Kier alpha value is -1.12. The first-order valence-corrected chi connectivity index (χ1v) is 12.2. The van der Waals surface area contributed by atoms with Crippen LogP contribution in [0, 0.1) is 0 Å². The van der Waals surface area contributed by atoms with Crippen LogP contribution in [0.1, 0.15) is 58.8 Å². The molecular weight excluding hydrogens is 382 g/mol. The molecule has 152 valence electrons. The molecule has 1 atom stereocenters. The molecule has 2 heterocycles. The molecule has 1 saturated heterocycles. The lowest BCUT2D eigenvalue weighted by Crippen LogP contribution is -2.35. The molecule has 1 aromatic heterocycles. The average Bonchev–Trinajstić information content (AvgIpc) is 2.67. The fourth-order valence-electron chi connectivity index (χ4n) is 3.09. The normalized spacial score (nSPS) is 16.8. The first-order chi connectivity index (χ1) is 12.9. The van der Waals surface area contributed by atoms with Crippen molar-refractivity contribution in [3.63, 3.8) is 0 Å². The van der Waals surface area contributed by atoms with Crippen LogP contribution < -0.4 is 5.32 Å². The molecule has 1 fully saturated rings. The van der Waals surface area contributed by atoms with Crippen molar-refractivity contribution in [3.8, 4) is 0 Å². The van der Waals surface area contributed by atoms with Crippen LogP contribution >= 0.6 is 11.8 Å². The summed E-state index contributed by atoms with van der Waals surface area (Å²) < 4.78 is 26.8. The van der Waals surface area contributed by atoms with Gasteiger partial charge in [-0.05, 0) is 38.3 Å². The summed E-state index contributed by atoms with van der Waals surface area (Å²) in [5.74, 6) is 0.263. The summed E-state index contributed by atoms with van der Waals surface area (Å²) in [5.41, 5.74) is 0. The third kappa shape index (κ3) is 7.08. The van der Waals surface area contributed by atoms with Gasteiger partial charge in [0, 0.05) is 25.3 Å². The number of aromatic nitrogens is 1. The number of nitrogens with one attached hydrogen (secondary N) is 1. The molecular formula is C19H31N3O3S2. The Labute approximate surface area is 167 Å². The van der Waals surface area contributed by atoms with Gasteiger partial charge in [-0.3, -0.25) is 4.79 Å². The standard InChI is InChI=1S/C19H31N3O3S2/c1-3-4-6-9-16(2)21-18(23)15-26-19-11-10-17(14-20-19)27(24,25)22-12-7-5-8-13-22/h10-11,14,16H,3-9,12-13,15H2,1-2H3,(H,21,23). The van der Waals surface area contributed by atoms with Gasteiger partial charge in [-0.2, -0.15) is 4.31 Å². The maximum atomic E-state index is 12.6. The second-order valence-corrected chi connectivity index (χ2v) is 9.98. The van der Waals surface area contributed by atoms with E-state index < -0.39 is 10.0 Å². The largest absolute Gasteiger partial charge is 0.353 e. The molecule has 2 rings (SSSR count). The number of pyridine rings is 1. The van der Waals surface area contributed by atoms with E-state index in [4.69, 9.17) is 0 Å². The third-order valence-electron chi connectivity index (χ3n) is 4.66. The number of sulfonamides is 1. The lowest BCUT2D eigenvalue weighted by atomic mass is 10.1. The predicted octanol–water partition coefficient (Wildman–Crippen LogP) is 3.43. The fraction of sp³-hybridized carbons (Fsp3) is 0.684. The van der Waals surface area contributed by atoms with Crippen molar-refractivity contribution in [2.24, 2.45) is 0 Å². The first-order valence-electron chi connectivity index (χ1n) is 9.82. The van der Waals surface area contributed by atoms with Crippen LogP contribution in [0.3, 0.4) is 0 Å². The summed E-state index contributed by atoms with van der Waals surface area (Å²) in [7, 11) is -3.45. The molecule has 0 aromatic carbocycles. The molecule has 0 radical (unpaired) electrons. The van der Waals surface area contributed by atoms with Crippen molar-refractivity contribution in [3.05, 3.63) is 18.3 Å². The summed E-state index contributed by atoms with van der Waals surface area (Å²) >= 11 is 1.32. The smallest absolute Gasteiger partial charge is 0.244 e. The lowest BCUT2D eigenvalue weighted by molar-refractivity contribution is -0.119. The Morgan fingerprint density at radius 2 is 2.00 bits per heavy atom. The average molecular weight is 414 g/mol. The van der Waals surface area contributed by atoms with Crippen molar-refractivity contribution in [1.29, 1.82) is 0 Å². The van der Waals surface area contributed by atoms with E-state index in [1.54, 1.807) is 12.1 Å². The van der Waals surface area contributed by atoms with Crippen LogP contribution in [0.2, 0.25) is 0 Å². The Morgan fingerprint density at radius 1 is 1.26 bits per heavy atom. The third-order valence-corrected chi connectivity index (χ3v) is 7.49. The van der Waals surface area contributed by atoms with Gasteiger partial charge >= 0.3 is 0 Å². The minimum absolute atomic E-state index is 0.0178. The van der Waals surface area contributed by atoms with Crippen LogP contribution in [-0.4, -0.2) is 48.5 Å². The van der Waals surface area contributed by atoms with E-state index in [-0.39, 0.29) is 22.6 Å². The lowest BCUT2D eigenvalue weighted by Gasteiger charge is -2.25. The molecule has 27 heavy (non-hydrogen) atoms. The number of thioether (sulfide) groups is 1. The maximum Gasteiger partial charge on any atom is 0.244 e. The number of hydrogen-bond donors (Lipinski definition) is 1. The maximum absolute atomic E-state index is 12.6. The number of rotatable bonds is 10. The van der Waals surface area contributed by atoms with Gasteiger partial charge in [0.05, 0.1) is 10.8 Å². The van der Waals surface area contributed by atoms with Gasteiger partial charge in [0.1, 0.15) is 4.90 Å². The summed E-state index contributed by atoms with van der Waals surface area (Å²) in [6, 6.07) is 3.44. The minimum Gasteiger partial charge on any atom is -0.353 e. The number of hydrogen-bond acceptors (Lipinski definition) is 5. The highest BCUT2D eigenvalue weighted by Gasteiger charge is 2.26.